The topological polar surface area (TPSA) is 95.8 Å². The second-order valence-corrected chi connectivity index (χ2v) is 7.93. The van der Waals surface area contributed by atoms with Gasteiger partial charge in [-0.05, 0) is 56.7 Å². The molecule has 1 aromatic carbocycles. The van der Waals surface area contributed by atoms with Gasteiger partial charge in [0.1, 0.15) is 5.84 Å². The van der Waals surface area contributed by atoms with E-state index in [-0.39, 0.29) is 11.1 Å². The van der Waals surface area contributed by atoms with Crippen molar-refractivity contribution in [1.82, 2.24) is 15.8 Å². The van der Waals surface area contributed by atoms with Crippen LogP contribution in [-0.2, 0) is 4.84 Å². The Hall–Kier alpha value is -2.69. The average Bonchev–Trinajstić information content (AvgIpc) is 3.06. The molecule has 0 fully saturated rings. The molecule has 0 spiro atoms. The molecule has 0 bridgehead atoms. The number of benzene rings is 1. The van der Waals surface area contributed by atoms with Crippen molar-refractivity contribution in [2.75, 3.05) is 0 Å². The predicted molar refractivity (Wildman–Crippen MR) is 108 cm³/mol. The molecule has 1 amide bonds. The number of amides is 1. The number of aliphatic imine (C=N–C) groups is 1. The van der Waals surface area contributed by atoms with Crippen LogP contribution in [0.3, 0.4) is 0 Å². The number of aliphatic hydroxyl groups excluding tert-OH is 1. The third-order valence-electron chi connectivity index (χ3n) is 4.42. The van der Waals surface area contributed by atoms with Gasteiger partial charge in [-0.15, -0.1) is 0 Å². The Bertz CT molecular complexity index is 1010. The molecule has 2 heterocycles. The van der Waals surface area contributed by atoms with Crippen molar-refractivity contribution in [2.45, 2.75) is 44.8 Å². The highest BCUT2D eigenvalue weighted by atomic mass is 35.5. The zero-order chi connectivity index (χ0) is 23.0. The Kier molecular flexibility index (Phi) is 6.26. The fraction of sp³-hybridized carbons (Fsp3) is 0.350. The lowest BCUT2D eigenvalue weighted by molar-refractivity contribution is -0.206. The Labute approximate surface area is 181 Å². The maximum Gasteiger partial charge on any atom is 0.418 e. The minimum Gasteiger partial charge on any atom is -0.379 e. The highest BCUT2D eigenvalue weighted by Gasteiger charge is 2.40. The lowest BCUT2D eigenvalue weighted by atomic mass is 9.99. The number of hydrogen-bond donors (Lipinski definition) is 3. The summed E-state index contributed by atoms with van der Waals surface area (Å²) in [5.74, 6) is -0.294. The number of halogens is 4. The Balaban J connectivity index is 1.95. The number of carbonyl (C=O) groups is 1. The number of aromatic nitrogens is 1. The SMILES string of the molecule is C[C@@H](NC(=O)c1cc(-c2ccc(Cl)cn2)cc(C(O)C(F)(F)F)c1)C1=NC(C)(C)ON1. The van der Waals surface area contributed by atoms with Crippen LogP contribution in [0.5, 0.6) is 0 Å². The van der Waals surface area contributed by atoms with Gasteiger partial charge >= 0.3 is 6.18 Å². The van der Waals surface area contributed by atoms with Gasteiger partial charge in [0.15, 0.2) is 11.8 Å². The number of carbonyl (C=O) groups excluding carboxylic acids is 1. The zero-order valence-electron chi connectivity index (χ0n) is 16.8. The standard InChI is InChI=1S/C20H20ClF3N4O3/c1-10(17-27-19(2,3)31-28-17)26-18(30)13-7-11(15-5-4-14(21)9-25-15)6-12(8-13)16(29)20(22,23)24/h4-10,16,29H,1-3H3,(H,26,30)(H,27,28)/t10-,16?/m1/s1. The van der Waals surface area contributed by atoms with E-state index in [1.54, 1.807) is 20.8 Å². The van der Waals surface area contributed by atoms with Gasteiger partial charge in [0, 0.05) is 17.3 Å². The minimum absolute atomic E-state index is 0.0850. The van der Waals surface area contributed by atoms with Crippen LogP contribution in [0.2, 0.25) is 5.02 Å². The summed E-state index contributed by atoms with van der Waals surface area (Å²) in [5.41, 5.74) is 1.75. The Morgan fingerprint density at radius 3 is 2.55 bits per heavy atom. The number of pyridine rings is 1. The van der Waals surface area contributed by atoms with E-state index in [4.69, 9.17) is 16.4 Å². The second kappa shape index (κ2) is 8.45. The third kappa shape index (κ3) is 5.52. The number of nitrogens with zero attached hydrogens (tertiary/aromatic N) is 2. The monoisotopic (exact) mass is 456 g/mol. The van der Waals surface area contributed by atoms with Crippen LogP contribution in [-0.4, -0.2) is 39.8 Å². The molecular weight excluding hydrogens is 437 g/mol. The van der Waals surface area contributed by atoms with Crippen molar-refractivity contribution in [3.05, 3.63) is 52.7 Å². The fourth-order valence-corrected chi connectivity index (χ4v) is 2.98. The first kappa shape index (κ1) is 23.0. The first-order valence-corrected chi connectivity index (χ1v) is 9.60. The first-order chi connectivity index (χ1) is 14.4. The Morgan fingerprint density at radius 2 is 2.00 bits per heavy atom. The van der Waals surface area contributed by atoms with Crippen LogP contribution in [0.15, 0.2) is 41.5 Å². The van der Waals surface area contributed by atoms with Crippen LogP contribution in [0.1, 0.15) is 42.8 Å². The first-order valence-electron chi connectivity index (χ1n) is 9.22. The minimum atomic E-state index is -4.90. The van der Waals surface area contributed by atoms with Crippen molar-refractivity contribution in [1.29, 1.82) is 0 Å². The average molecular weight is 457 g/mol. The van der Waals surface area contributed by atoms with Crippen molar-refractivity contribution >= 4 is 23.3 Å². The molecule has 1 aliphatic rings. The predicted octanol–water partition coefficient (Wildman–Crippen LogP) is 3.79. The van der Waals surface area contributed by atoms with E-state index in [2.05, 4.69) is 20.8 Å². The summed E-state index contributed by atoms with van der Waals surface area (Å²) >= 11 is 5.82. The molecule has 0 saturated heterocycles. The van der Waals surface area contributed by atoms with Crippen molar-refractivity contribution in [3.8, 4) is 11.3 Å². The molecular formula is C20H20ClF3N4O3. The largest absolute Gasteiger partial charge is 0.418 e. The van der Waals surface area contributed by atoms with Crippen LogP contribution >= 0.6 is 11.6 Å². The normalized spacial score (nSPS) is 17.5. The van der Waals surface area contributed by atoms with Crippen LogP contribution in [0, 0.1) is 0 Å². The number of aliphatic hydroxyl groups is 1. The number of hydroxylamine groups is 1. The molecule has 1 unspecified atom stereocenters. The van der Waals surface area contributed by atoms with Gasteiger partial charge in [0.2, 0.25) is 0 Å². The summed E-state index contributed by atoms with van der Waals surface area (Å²) < 4.78 is 39.4. The van der Waals surface area contributed by atoms with E-state index in [0.717, 1.165) is 12.1 Å². The van der Waals surface area contributed by atoms with Gasteiger partial charge in [-0.1, -0.05) is 11.6 Å². The molecule has 11 heteroatoms. The summed E-state index contributed by atoms with van der Waals surface area (Å²) in [6.45, 7) is 5.08. The van der Waals surface area contributed by atoms with E-state index in [9.17, 15) is 23.1 Å². The molecule has 166 valence electrons. The quantitative estimate of drug-likeness (QED) is 0.636. The highest BCUT2D eigenvalue weighted by molar-refractivity contribution is 6.30. The molecule has 0 aliphatic carbocycles. The van der Waals surface area contributed by atoms with Crippen molar-refractivity contribution < 1.29 is 27.9 Å². The van der Waals surface area contributed by atoms with Crippen LogP contribution < -0.4 is 10.8 Å². The van der Waals surface area contributed by atoms with Crippen molar-refractivity contribution in [3.63, 3.8) is 0 Å². The smallest absolute Gasteiger partial charge is 0.379 e. The molecule has 3 rings (SSSR count). The molecule has 2 atom stereocenters. The number of nitrogens with one attached hydrogen (secondary N) is 2. The zero-order valence-corrected chi connectivity index (χ0v) is 17.5. The van der Waals surface area contributed by atoms with Crippen LogP contribution in [0.4, 0.5) is 13.2 Å². The summed E-state index contributed by atoms with van der Waals surface area (Å²) in [4.78, 5) is 26.4. The molecule has 1 aliphatic heterocycles. The number of alkyl halides is 3. The molecule has 0 radical (unpaired) electrons. The molecule has 3 N–H and O–H groups in total. The fourth-order valence-electron chi connectivity index (χ4n) is 2.87. The van der Waals surface area contributed by atoms with E-state index in [0.29, 0.717) is 16.6 Å². The number of amidine groups is 1. The van der Waals surface area contributed by atoms with Gasteiger partial charge in [-0.3, -0.25) is 9.78 Å². The summed E-state index contributed by atoms with van der Waals surface area (Å²) in [7, 11) is 0. The number of hydrogen-bond acceptors (Lipinski definition) is 6. The summed E-state index contributed by atoms with van der Waals surface area (Å²) in [5, 5.41) is 12.7. The van der Waals surface area contributed by atoms with Gasteiger partial charge in [0.05, 0.1) is 16.8 Å². The molecule has 31 heavy (non-hydrogen) atoms. The molecule has 2 aromatic rings. The van der Waals surface area contributed by atoms with E-state index < -0.39 is 35.5 Å². The van der Waals surface area contributed by atoms with Crippen LogP contribution in [0.25, 0.3) is 11.3 Å². The van der Waals surface area contributed by atoms with E-state index in [1.807, 2.05) is 0 Å². The van der Waals surface area contributed by atoms with Gasteiger partial charge in [0.25, 0.3) is 5.91 Å². The number of rotatable bonds is 5. The molecule has 1 aromatic heterocycles. The van der Waals surface area contributed by atoms with Gasteiger partial charge in [-0.2, -0.15) is 13.2 Å². The maximum atomic E-state index is 13.1. The molecule has 7 nitrogen and oxygen atoms in total. The summed E-state index contributed by atoms with van der Waals surface area (Å²) in [6.07, 6.45) is -6.34. The highest BCUT2D eigenvalue weighted by Crippen LogP contribution is 2.35. The Morgan fingerprint density at radius 1 is 1.29 bits per heavy atom. The lowest BCUT2D eigenvalue weighted by Gasteiger charge is -2.18. The summed E-state index contributed by atoms with van der Waals surface area (Å²) in [6, 6.07) is 5.92. The van der Waals surface area contributed by atoms with E-state index >= 15 is 0 Å². The van der Waals surface area contributed by atoms with E-state index in [1.165, 1.54) is 24.4 Å². The van der Waals surface area contributed by atoms with Gasteiger partial charge in [-0.25, -0.2) is 15.3 Å². The lowest BCUT2D eigenvalue weighted by Crippen LogP contribution is -2.42. The second-order valence-electron chi connectivity index (χ2n) is 7.49. The van der Waals surface area contributed by atoms with Gasteiger partial charge < -0.3 is 10.4 Å². The van der Waals surface area contributed by atoms with Crippen molar-refractivity contribution in [2.24, 2.45) is 4.99 Å². The maximum absolute atomic E-state index is 13.1. The third-order valence-corrected chi connectivity index (χ3v) is 4.64. The molecule has 0 saturated carbocycles.